The Kier molecular flexibility index (Phi) is 6.20. The highest BCUT2D eigenvalue weighted by atomic mass is 32.2. The van der Waals surface area contributed by atoms with E-state index in [0.29, 0.717) is 23.9 Å². The van der Waals surface area contributed by atoms with Gasteiger partial charge in [-0.15, -0.1) is 0 Å². The first-order valence-corrected chi connectivity index (χ1v) is 11.1. The van der Waals surface area contributed by atoms with Gasteiger partial charge in [0.25, 0.3) is 0 Å². The average Bonchev–Trinajstić information content (AvgIpc) is 3.25. The van der Waals surface area contributed by atoms with E-state index in [1.54, 1.807) is 4.57 Å². The van der Waals surface area contributed by atoms with Crippen LogP contribution in [-0.2, 0) is 24.2 Å². The van der Waals surface area contributed by atoms with Gasteiger partial charge in [0.2, 0.25) is 5.91 Å². The van der Waals surface area contributed by atoms with Crippen molar-refractivity contribution in [3.05, 3.63) is 52.1 Å². The molecule has 1 amide bonds. The van der Waals surface area contributed by atoms with E-state index in [1.807, 2.05) is 23.1 Å². The molecule has 0 spiro atoms. The topological polar surface area (TPSA) is 78.7 Å². The van der Waals surface area contributed by atoms with Gasteiger partial charge in [-0.3, -0.25) is 9.36 Å². The summed E-state index contributed by atoms with van der Waals surface area (Å²) in [5.41, 5.74) is 2.92. The lowest BCUT2D eigenvalue weighted by Crippen LogP contribution is -2.49. The summed E-state index contributed by atoms with van der Waals surface area (Å²) in [5.74, 6) is 0.393. The van der Waals surface area contributed by atoms with Gasteiger partial charge in [-0.1, -0.05) is 30.0 Å². The van der Waals surface area contributed by atoms with Crippen LogP contribution in [0, 0.1) is 0 Å². The lowest BCUT2D eigenvalue weighted by molar-refractivity contribution is -0.128. The van der Waals surface area contributed by atoms with Gasteiger partial charge in [-0.2, -0.15) is 4.98 Å². The van der Waals surface area contributed by atoms with Crippen LogP contribution in [0.2, 0.25) is 0 Å². The Bertz CT molecular complexity index is 924. The minimum atomic E-state index is -0.328. The number of aliphatic hydroxyl groups excluding tert-OH is 1. The molecular formula is C21H26N4O3S. The normalized spacial score (nSPS) is 16.2. The molecule has 0 bridgehead atoms. The van der Waals surface area contributed by atoms with E-state index in [4.69, 9.17) is 0 Å². The van der Waals surface area contributed by atoms with Crippen LogP contribution >= 0.6 is 11.8 Å². The standard InChI is InChI=1S/C21H26N4O3S/c26-14-13-25-18-8-4-7-17(18)20(22-21(25)28)29-15-19(27)24-11-9-23(10-12-24)16-5-2-1-3-6-16/h1-3,5-6,26H,4,7-15H2. The van der Waals surface area contributed by atoms with E-state index in [-0.39, 0.29) is 24.7 Å². The number of carbonyl (C=O) groups excluding carboxylic acids is 1. The van der Waals surface area contributed by atoms with Crippen LogP contribution in [0.3, 0.4) is 0 Å². The predicted octanol–water partition coefficient (Wildman–Crippen LogP) is 1.17. The maximum Gasteiger partial charge on any atom is 0.348 e. The summed E-state index contributed by atoms with van der Waals surface area (Å²) in [6, 6.07) is 10.3. The second-order valence-corrected chi connectivity index (χ2v) is 8.31. The zero-order chi connectivity index (χ0) is 20.2. The summed E-state index contributed by atoms with van der Waals surface area (Å²) >= 11 is 1.37. The Balaban J connectivity index is 1.37. The third kappa shape index (κ3) is 4.33. The van der Waals surface area contributed by atoms with Crippen LogP contribution < -0.4 is 10.6 Å². The van der Waals surface area contributed by atoms with Crippen LogP contribution in [0.5, 0.6) is 0 Å². The molecule has 0 unspecified atom stereocenters. The molecule has 1 aliphatic heterocycles. The number of hydrogen-bond donors (Lipinski definition) is 1. The minimum absolute atomic E-state index is 0.0754. The number of fused-ring (bicyclic) bond motifs is 1. The van der Waals surface area contributed by atoms with E-state index in [1.165, 1.54) is 17.4 Å². The molecule has 1 saturated heterocycles. The molecule has 1 N–H and O–H groups in total. The van der Waals surface area contributed by atoms with Crippen LogP contribution in [-0.4, -0.2) is 64.0 Å². The van der Waals surface area contributed by atoms with Gasteiger partial charge in [0, 0.05) is 43.1 Å². The molecule has 8 heteroatoms. The van der Waals surface area contributed by atoms with Crippen molar-refractivity contribution in [2.45, 2.75) is 30.8 Å². The molecule has 1 aromatic carbocycles. The van der Waals surface area contributed by atoms with Crippen LogP contribution in [0.25, 0.3) is 0 Å². The van der Waals surface area contributed by atoms with E-state index < -0.39 is 0 Å². The number of nitrogens with zero attached hydrogens (tertiary/aromatic N) is 4. The molecule has 1 fully saturated rings. The number of hydrogen-bond acceptors (Lipinski definition) is 6. The highest BCUT2D eigenvalue weighted by molar-refractivity contribution is 7.99. The number of amides is 1. The van der Waals surface area contributed by atoms with E-state index in [9.17, 15) is 14.7 Å². The number of aromatic nitrogens is 2. The SMILES string of the molecule is O=C(CSc1nc(=O)n(CCO)c2c1CCC2)N1CCN(c2ccccc2)CC1. The van der Waals surface area contributed by atoms with Gasteiger partial charge in [0.05, 0.1) is 18.9 Å². The highest BCUT2D eigenvalue weighted by Crippen LogP contribution is 2.29. The van der Waals surface area contributed by atoms with E-state index in [0.717, 1.165) is 43.6 Å². The molecule has 154 valence electrons. The Morgan fingerprint density at radius 3 is 2.59 bits per heavy atom. The summed E-state index contributed by atoms with van der Waals surface area (Å²) < 4.78 is 1.58. The summed E-state index contributed by atoms with van der Waals surface area (Å²) in [5, 5.41) is 9.90. The first-order chi connectivity index (χ1) is 14.2. The molecular weight excluding hydrogens is 388 g/mol. The molecule has 2 aromatic rings. The molecule has 0 atom stereocenters. The average molecular weight is 415 g/mol. The quantitative estimate of drug-likeness (QED) is 0.565. The lowest BCUT2D eigenvalue weighted by atomic mass is 10.2. The fourth-order valence-corrected chi connectivity index (χ4v) is 5.09. The highest BCUT2D eigenvalue weighted by Gasteiger charge is 2.24. The van der Waals surface area contributed by atoms with Crippen molar-refractivity contribution in [1.29, 1.82) is 0 Å². The van der Waals surface area contributed by atoms with Crippen molar-refractivity contribution in [3.8, 4) is 0 Å². The third-order valence-corrected chi connectivity index (χ3v) is 6.61. The first kappa shape index (κ1) is 20.0. The first-order valence-electron chi connectivity index (χ1n) is 10.1. The number of benzene rings is 1. The minimum Gasteiger partial charge on any atom is -0.395 e. The van der Waals surface area contributed by atoms with E-state index >= 15 is 0 Å². The Hall–Kier alpha value is -2.32. The summed E-state index contributed by atoms with van der Waals surface area (Å²) in [7, 11) is 0. The molecule has 2 heterocycles. The molecule has 0 saturated carbocycles. The second kappa shape index (κ2) is 9.00. The van der Waals surface area contributed by atoms with Gasteiger partial charge in [-0.25, -0.2) is 4.79 Å². The van der Waals surface area contributed by atoms with Crippen LogP contribution in [0.15, 0.2) is 40.2 Å². The van der Waals surface area contributed by atoms with Crippen molar-refractivity contribution >= 4 is 23.4 Å². The maximum absolute atomic E-state index is 12.7. The molecule has 4 rings (SSSR count). The molecule has 2 aliphatic rings. The van der Waals surface area contributed by atoms with Crippen LogP contribution in [0.1, 0.15) is 17.7 Å². The largest absolute Gasteiger partial charge is 0.395 e. The Morgan fingerprint density at radius 2 is 1.86 bits per heavy atom. The molecule has 29 heavy (non-hydrogen) atoms. The molecule has 1 aromatic heterocycles. The van der Waals surface area contributed by atoms with Crippen LogP contribution in [0.4, 0.5) is 5.69 Å². The molecule has 7 nitrogen and oxygen atoms in total. The number of carbonyl (C=O) groups is 1. The maximum atomic E-state index is 12.7. The number of thioether (sulfide) groups is 1. The van der Waals surface area contributed by atoms with Gasteiger partial charge < -0.3 is 14.9 Å². The summed E-state index contributed by atoms with van der Waals surface area (Å²) in [4.78, 5) is 33.5. The van der Waals surface area contributed by atoms with E-state index in [2.05, 4.69) is 22.0 Å². The third-order valence-electron chi connectivity index (χ3n) is 5.61. The van der Waals surface area contributed by atoms with Crippen molar-refractivity contribution < 1.29 is 9.90 Å². The van der Waals surface area contributed by atoms with Gasteiger partial charge in [0.1, 0.15) is 5.03 Å². The number of para-hydroxylation sites is 1. The number of anilines is 1. The summed E-state index contributed by atoms with van der Waals surface area (Å²) in [6.45, 7) is 3.27. The zero-order valence-corrected chi connectivity index (χ0v) is 17.2. The number of aliphatic hydroxyl groups is 1. The summed E-state index contributed by atoms with van der Waals surface area (Å²) in [6.07, 6.45) is 2.69. The van der Waals surface area contributed by atoms with Gasteiger partial charge >= 0.3 is 5.69 Å². The molecule has 1 aliphatic carbocycles. The number of piperazine rings is 1. The van der Waals surface area contributed by atoms with Crippen molar-refractivity contribution in [2.24, 2.45) is 0 Å². The van der Waals surface area contributed by atoms with Crippen molar-refractivity contribution in [3.63, 3.8) is 0 Å². The molecule has 0 radical (unpaired) electrons. The van der Waals surface area contributed by atoms with Crippen molar-refractivity contribution in [2.75, 3.05) is 43.4 Å². The number of rotatable bonds is 6. The Labute approximate surface area is 174 Å². The predicted molar refractivity (Wildman–Crippen MR) is 114 cm³/mol. The monoisotopic (exact) mass is 414 g/mol. The fourth-order valence-electron chi connectivity index (χ4n) is 4.11. The fraction of sp³-hybridized carbons (Fsp3) is 0.476. The lowest BCUT2D eigenvalue weighted by Gasteiger charge is -2.36. The zero-order valence-electron chi connectivity index (χ0n) is 16.4. The smallest absolute Gasteiger partial charge is 0.348 e. The van der Waals surface area contributed by atoms with Gasteiger partial charge in [-0.05, 0) is 31.4 Å². The van der Waals surface area contributed by atoms with Gasteiger partial charge in [0.15, 0.2) is 0 Å². The van der Waals surface area contributed by atoms with Crippen molar-refractivity contribution in [1.82, 2.24) is 14.5 Å². The second-order valence-electron chi connectivity index (χ2n) is 7.35. The Morgan fingerprint density at radius 1 is 1.10 bits per heavy atom.